The number of rotatable bonds is 8. The number of hydrogen-bond acceptors (Lipinski definition) is 3. The number of carbonyl (C=O) groups is 1. The van der Waals surface area contributed by atoms with Crippen molar-refractivity contribution in [3.63, 3.8) is 0 Å². The molecular formula is C19H21FN2O2. The number of amides is 1. The molecule has 0 aromatic heterocycles. The molecule has 1 fully saturated rings. The van der Waals surface area contributed by atoms with Gasteiger partial charge >= 0.3 is 0 Å². The first-order valence-corrected chi connectivity index (χ1v) is 8.19. The van der Waals surface area contributed by atoms with Gasteiger partial charge in [0, 0.05) is 6.54 Å². The monoisotopic (exact) mass is 328 g/mol. The molecule has 0 bridgehead atoms. The van der Waals surface area contributed by atoms with Crippen molar-refractivity contribution in [3.05, 3.63) is 59.9 Å². The fraction of sp³-hybridized carbons (Fsp3) is 0.316. The van der Waals surface area contributed by atoms with Crippen molar-refractivity contribution in [2.75, 3.05) is 13.1 Å². The maximum atomic E-state index is 12.9. The van der Waals surface area contributed by atoms with Crippen molar-refractivity contribution in [2.45, 2.75) is 19.4 Å². The van der Waals surface area contributed by atoms with Crippen molar-refractivity contribution in [3.8, 4) is 11.5 Å². The van der Waals surface area contributed by atoms with Crippen LogP contribution in [0.1, 0.15) is 18.4 Å². The third-order valence-electron chi connectivity index (χ3n) is 3.88. The first-order valence-electron chi connectivity index (χ1n) is 8.19. The SMILES string of the molecule is O=C(CNCC1CC1)NCc1ccc(Oc2ccc(F)cc2)cc1. The topological polar surface area (TPSA) is 50.4 Å². The van der Waals surface area contributed by atoms with Gasteiger partial charge < -0.3 is 15.4 Å². The molecule has 4 nitrogen and oxygen atoms in total. The molecule has 5 heteroatoms. The number of ether oxygens (including phenoxy) is 1. The Morgan fingerprint density at radius 2 is 1.67 bits per heavy atom. The summed E-state index contributed by atoms with van der Waals surface area (Å²) in [4.78, 5) is 11.7. The molecule has 1 amide bonds. The summed E-state index contributed by atoms with van der Waals surface area (Å²) in [5, 5.41) is 6.05. The molecule has 0 unspecified atom stereocenters. The summed E-state index contributed by atoms with van der Waals surface area (Å²) in [7, 11) is 0. The van der Waals surface area contributed by atoms with E-state index < -0.39 is 0 Å². The molecule has 0 atom stereocenters. The Morgan fingerprint density at radius 1 is 1.04 bits per heavy atom. The normalized spacial score (nSPS) is 13.5. The number of hydrogen-bond donors (Lipinski definition) is 2. The Labute approximate surface area is 141 Å². The van der Waals surface area contributed by atoms with E-state index in [0.29, 0.717) is 24.6 Å². The minimum Gasteiger partial charge on any atom is -0.457 e. The predicted molar refractivity (Wildman–Crippen MR) is 90.4 cm³/mol. The van der Waals surface area contributed by atoms with Gasteiger partial charge in [-0.15, -0.1) is 0 Å². The Balaban J connectivity index is 1.41. The van der Waals surface area contributed by atoms with E-state index >= 15 is 0 Å². The largest absolute Gasteiger partial charge is 0.457 e. The zero-order valence-electron chi connectivity index (χ0n) is 13.4. The molecule has 0 radical (unpaired) electrons. The first kappa shape index (κ1) is 16.5. The molecule has 1 saturated carbocycles. The van der Waals surface area contributed by atoms with E-state index in [1.165, 1.54) is 25.0 Å². The quantitative estimate of drug-likeness (QED) is 0.782. The maximum absolute atomic E-state index is 12.9. The number of halogens is 1. The van der Waals surface area contributed by atoms with Crippen LogP contribution in [0, 0.1) is 11.7 Å². The van der Waals surface area contributed by atoms with E-state index in [1.807, 2.05) is 24.3 Å². The van der Waals surface area contributed by atoms with Gasteiger partial charge in [0.15, 0.2) is 0 Å². The highest BCUT2D eigenvalue weighted by molar-refractivity contribution is 5.77. The highest BCUT2D eigenvalue weighted by Gasteiger charge is 2.20. The van der Waals surface area contributed by atoms with Gasteiger partial charge in [-0.05, 0) is 67.3 Å². The van der Waals surface area contributed by atoms with E-state index in [1.54, 1.807) is 12.1 Å². The van der Waals surface area contributed by atoms with E-state index in [0.717, 1.165) is 18.0 Å². The predicted octanol–water partition coefficient (Wildman–Crippen LogP) is 3.23. The third kappa shape index (κ3) is 5.35. The summed E-state index contributed by atoms with van der Waals surface area (Å²) in [5.41, 5.74) is 0.997. The molecule has 2 N–H and O–H groups in total. The van der Waals surface area contributed by atoms with Crippen LogP contribution in [0.5, 0.6) is 11.5 Å². The van der Waals surface area contributed by atoms with Crippen LogP contribution in [0.4, 0.5) is 4.39 Å². The number of benzene rings is 2. The average Bonchev–Trinajstić information content (AvgIpc) is 3.41. The molecule has 24 heavy (non-hydrogen) atoms. The molecule has 2 aromatic rings. The average molecular weight is 328 g/mol. The first-order chi connectivity index (χ1) is 11.7. The maximum Gasteiger partial charge on any atom is 0.234 e. The van der Waals surface area contributed by atoms with E-state index in [9.17, 15) is 9.18 Å². The van der Waals surface area contributed by atoms with Crippen LogP contribution in [0.2, 0.25) is 0 Å². The molecule has 0 spiro atoms. The van der Waals surface area contributed by atoms with E-state index in [-0.39, 0.29) is 11.7 Å². The van der Waals surface area contributed by atoms with Gasteiger partial charge in [-0.3, -0.25) is 4.79 Å². The van der Waals surface area contributed by atoms with Crippen LogP contribution in [-0.2, 0) is 11.3 Å². The van der Waals surface area contributed by atoms with Gasteiger partial charge in [0.1, 0.15) is 17.3 Å². The summed E-state index contributed by atoms with van der Waals surface area (Å²) in [6, 6.07) is 13.3. The molecule has 126 valence electrons. The van der Waals surface area contributed by atoms with Crippen molar-refractivity contribution >= 4 is 5.91 Å². The van der Waals surface area contributed by atoms with E-state index in [4.69, 9.17) is 4.74 Å². The van der Waals surface area contributed by atoms with Gasteiger partial charge in [-0.2, -0.15) is 0 Å². The minimum atomic E-state index is -0.292. The molecule has 1 aliphatic carbocycles. The lowest BCUT2D eigenvalue weighted by Gasteiger charge is -2.08. The van der Waals surface area contributed by atoms with Crippen LogP contribution in [0.25, 0.3) is 0 Å². The minimum absolute atomic E-state index is 0.00212. The fourth-order valence-electron chi connectivity index (χ4n) is 2.29. The Hall–Kier alpha value is -2.40. The fourth-order valence-corrected chi connectivity index (χ4v) is 2.29. The molecule has 2 aromatic carbocycles. The number of carbonyl (C=O) groups excluding carboxylic acids is 1. The van der Waals surface area contributed by atoms with Crippen LogP contribution in [0.15, 0.2) is 48.5 Å². The van der Waals surface area contributed by atoms with Crippen LogP contribution < -0.4 is 15.4 Å². The summed E-state index contributed by atoms with van der Waals surface area (Å²) in [6.45, 7) is 1.78. The molecular weight excluding hydrogens is 307 g/mol. The summed E-state index contributed by atoms with van der Waals surface area (Å²) in [6.07, 6.45) is 2.56. The van der Waals surface area contributed by atoms with Gasteiger partial charge in [0.25, 0.3) is 0 Å². The lowest BCUT2D eigenvalue weighted by Crippen LogP contribution is -2.34. The van der Waals surface area contributed by atoms with Gasteiger partial charge in [0.05, 0.1) is 6.54 Å². The highest BCUT2D eigenvalue weighted by atomic mass is 19.1. The zero-order valence-corrected chi connectivity index (χ0v) is 13.4. The lowest BCUT2D eigenvalue weighted by atomic mass is 10.2. The van der Waals surface area contributed by atoms with Crippen molar-refractivity contribution in [1.29, 1.82) is 0 Å². The van der Waals surface area contributed by atoms with Crippen molar-refractivity contribution < 1.29 is 13.9 Å². The molecule has 3 rings (SSSR count). The second-order valence-electron chi connectivity index (χ2n) is 6.05. The summed E-state index contributed by atoms with van der Waals surface area (Å²) >= 11 is 0. The number of nitrogens with one attached hydrogen (secondary N) is 2. The van der Waals surface area contributed by atoms with Gasteiger partial charge in [-0.25, -0.2) is 4.39 Å². The van der Waals surface area contributed by atoms with Crippen LogP contribution >= 0.6 is 0 Å². The van der Waals surface area contributed by atoms with E-state index in [2.05, 4.69) is 10.6 Å². The Kier molecular flexibility index (Phi) is 5.43. The second kappa shape index (κ2) is 7.93. The standard InChI is InChI=1S/C19H21FN2O2/c20-16-5-9-18(10-6-16)24-17-7-3-15(4-8-17)12-22-19(23)13-21-11-14-1-2-14/h3-10,14,21H,1-2,11-13H2,(H,22,23). The van der Waals surface area contributed by atoms with Gasteiger partial charge in [0.2, 0.25) is 5.91 Å². The summed E-state index contributed by atoms with van der Waals surface area (Å²) < 4.78 is 18.5. The Bertz CT molecular complexity index is 667. The molecule has 0 aliphatic heterocycles. The van der Waals surface area contributed by atoms with Crippen LogP contribution in [0.3, 0.4) is 0 Å². The second-order valence-corrected chi connectivity index (χ2v) is 6.05. The van der Waals surface area contributed by atoms with Crippen molar-refractivity contribution in [2.24, 2.45) is 5.92 Å². The molecule has 0 heterocycles. The van der Waals surface area contributed by atoms with Crippen LogP contribution in [-0.4, -0.2) is 19.0 Å². The molecule has 0 saturated heterocycles. The Morgan fingerprint density at radius 3 is 2.29 bits per heavy atom. The highest BCUT2D eigenvalue weighted by Crippen LogP contribution is 2.27. The lowest BCUT2D eigenvalue weighted by molar-refractivity contribution is -0.120. The summed E-state index contributed by atoms with van der Waals surface area (Å²) in [5.74, 6) is 1.73. The van der Waals surface area contributed by atoms with Gasteiger partial charge in [-0.1, -0.05) is 12.1 Å². The third-order valence-corrected chi connectivity index (χ3v) is 3.88. The molecule has 1 aliphatic rings. The smallest absolute Gasteiger partial charge is 0.234 e. The zero-order chi connectivity index (χ0) is 16.8. The van der Waals surface area contributed by atoms with Crippen molar-refractivity contribution in [1.82, 2.24) is 10.6 Å².